The van der Waals surface area contributed by atoms with Crippen LogP contribution >= 0.6 is 0 Å². The summed E-state index contributed by atoms with van der Waals surface area (Å²) >= 11 is 0. The van der Waals surface area contributed by atoms with Gasteiger partial charge in [-0.15, -0.1) is 0 Å². The molecule has 14 nitrogen and oxygen atoms in total. The van der Waals surface area contributed by atoms with Crippen molar-refractivity contribution in [3.8, 4) is 11.4 Å². The zero-order valence-corrected chi connectivity index (χ0v) is 30.4. The second-order valence-electron chi connectivity index (χ2n) is 13.7. The van der Waals surface area contributed by atoms with Crippen LogP contribution < -0.4 is 5.56 Å². The molecule has 0 N–H and O–H groups in total. The van der Waals surface area contributed by atoms with Gasteiger partial charge in [0.05, 0.1) is 41.7 Å². The third kappa shape index (κ3) is 5.60. The smallest absolute Gasteiger partial charge is 0.409 e. The largest absolute Gasteiger partial charge is 0.492 e. The normalized spacial score (nSPS) is 17.0. The zero-order chi connectivity index (χ0) is 37.9. The second kappa shape index (κ2) is 13.2. The van der Waals surface area contributed by atoms with Gasteiger partial charge in [0.2, 0.25) is 17.5 Å². The summed E-state index contributed by atoms with van der Waals surface area (Å²) < 4.78 is 19.5. The summed E-state index contributed by atoms with van der Waals surface area (Å²) in [5, 5.41) is 0.962. The summed E-state index contributed by atoms with van der Waals surface area (Å²) in [7, 11) is 6.05. The minimum absolute atomic E-state index is 0.0896. The third-order valence-corrected chi connectivity index (χ3v) is 10.9. The number of aromatic nitrogens is 3. The zero-order valence-electron chi connectivity index (χ0n) is 30.4. The van der Waals surface area contributed by atoms with Crippen molar-refractivity contribution in [3.05, 3.63) is 97.8 Å². The number of methoxy groups -OCH3 is 1. The van der Waals surface area contributed by atoms with Crippen LogP contribution in [0.15, 0.2) is 53.0 Å². The molecule has 3 aliphatic rings. The number of ketones is 2. The molecule has 53 heavy (non-hydrogen) atoms. The average Bonchev–Trinajstić information content (AvgIpc) is 3.64. The van der Waals surface area contributed by atoms with Crippen LogP contribution in [0.2, 0.25) is 0 Å². The average molecular weight is 722 g/mol. The summed E-state index contributed by atoms with van der Waals surface area (Å²) in [6.07, 6.45) is 0.410. The van der Waals surface area contributed by atoms with Gasteiger partial charge in [0.25, 0.3) is 5.56 Å². The van der Waals surface area contributed by atoms with E-state index in [4.69, 9.17) is 19.2 Å². The Morgan fingerprint density at radius 1 is 1.06 bits per heavy atom. The molecule has 2 aliphatic heterocycles. The first-order chi connectivity index (χ1) is 25.3. The Morgan fingerprint density at radius 2 is 1.79 bits per heavy atom. The van der Waals surface area contributed by atoms with Crippen molar-refractivity contribution in [2.75, 3.05) is 34.3 Å². The number of likely N-dealkylation sites (N-methyl/N-ethyl adjacent to an activating group) is 2. The molecule has 2 amide bonds. The molecule has 3 aromatic heterocycles. The molecular weight excluding hydrogens is 682 g/mol. The van der Waals surface area contributed by atoms with Gasteiger partial charge in [-0.1, -0.05) is 25.1 Å². The van der Waals surface area contributed by atoms with Gasteiger partial charge in [-0.3, -0.25) is 24.0 Å². The Labute approximate surface area is 304 Å². The van der Waals surface area contributed by atoms with E-state index in [0.29, 0.717) is 40.3 Å². The highest BCUT2D eigenvalue weighted by molar-refractivity contribution is 6.24. The van der Waals surface area contributed by atoms with Gasteiger partial charge in [-0.25, -0.2) is 9.78 Å². The van der Waals surface area contributed by atoms with Crippen molar-refractivity contribution in [2.45, 2.75) is 51.9 Å². The van der Waals surface area contributed by atoms with Crippen LogP contribution in [0.5, 0.6) is 0 Å². The number of hydrogen-bond donors (Lipinski definition) is 0. The number of nitrogens with zero attached hydrogens (tertiary/aromatic N) is 5. The van der Waals surface area contributed by atoms with E-state index < -0.39 is 23.3 Å². The maximum absolute atomic E-state index is 13.9. The van der Waals surface area contributed by atoms with Crippen LogP contribution in [0.4, 0.5) is 4.79 Å². The van der Waals surface area contributed by atoms with E-state index in [1.807, 2.05) is 36.4 Å². The molecule has 0 saturated carbocycles. The molecule has 0 bridgehead atoms. The van der Waals surface area contributed by atoms with Crippen molar-refractivity contribution >= 4 is 40.4 Å². The van der Waals surface area contributed by atoms with Crippen molar-refractivity contribution in [1.82, 2.24) is 23.9 Å². The first kappa shape index (κ1) is 35.4. The highest BCUT2D eigenvalue weighted by Crippen LogP contribution is 2.42. The molecule has 1 aromatic carbocycles. The molecule has 0 fully saturated rings. The maximum atomic E-state index is 13.9. The van der Waals surface area contributed by atoms with Gasteiger partial charge in [-0.2, -0.15) is 0 Å². The first-order valence-corrected chi connectivity index (χ1v) is 17.3. The Morgan fingerprint density at radius 3 is 2.53 bits per heavy atom. The number of amides is 2. The summed E-state index contributed by atoms with van der Waals surface area (Å²) in [6.45, 7) is 3.62. The monoisotopic (exact) mass is 721 g/mol. The lowest BCUT2D eigenvalue weighted by molar-refractivity contribution is -0.157. The van der Waals surface area contributed by atoms with Crippen LogP contribution in [-0.4, -0.2) is 87.7 Å². The minimum atomic E-state index is -1.40. The lowest BCUT2D eigenvalue weighted by Gasteiger charge is -2.37. The molecule has 0 spiro atoms. The molecule has 0 saturated heterocycles. The number of allylic oxidation sites excluding steroid dienone is 2. The van der Waals surface area contributed by atoms with Gasteiger partial charge in [0.15, 0.2) is 5.76 Å². The number of cyclic esters (lactones) is 1. The van der Waals surface area contributed by atoms with Crippen molar-refractivity contribution in [2.24, 2.45) is 7.05 Å². The highest BCUT2D eigenvalue weighted by atomic mass is 16.6. The van der Waals surface area contributed by atoms with Gasteiger partial charge >= 0.3 is 12.1 Å². The summed E-state index contributed by atoms with van der Waals surface area (Å²) in [5.74, 6) is -1.89. The molecule has 4 aromatic rings. The number of hydrogen-bond acceptors (Lipinski definition) is 10. The van der Waals surface area contributed by atoms with E-state index >= 15 is 0 Å². The summed E-state index contributed by atoms with van der Waals surface area (Å²) in [6, 6.07) is 11.6. The number of carbonyl (C=O) groups is 5. The van der Waals surface area contributed by atoms with E-state index in [0.717, 1.165) is 22.5 Å². The van der Waals surface area contributed by atoms with E-state index in [1.54, 1.807) is 37.1 Å². The van der Waals surface area contributed by atoms with Crippen LogP contribution in [0, 0.1) is 6.92 Å². The first-order valence-electron chi connectivity index (χ1n) is 17.3. The number of carbonyl (C=O) groups excluding carboxylic acids is 5. The summed E-state index contributed by atoms with van der Waals surface area (Å²) in [5.41, 5.74) is 3.45. The quantitative estimate of drug-likeness (QED) is 0.205. The predicted octanol–water partition coefficient (Wildman–Crippen LogP) is 3.80. The Kier molecular flexibility index (Phi) is 8.79. The van der Waals surface area contributed by atoms with Crippen molar-refractivity contribution < 1.29 is 38.2 Å². The van der Waals surface area contributed by atoms with Crippen molar-refractivity contribution in [3.63, 3.8) is 0 Å². The molecule has 5 heterocycles. The number of fused-ring (bicyclic) bond motifs is 6. The SMILES string of the molecule is CC[C@@]1(CC(=O)N(C)CCN(C)C(=O)OCc2c3c(n(C)c2C)C(=O)C=C(OC)C3=O)C(=O)OCc2c1cc1n(c2=O)Cc2cc3ccccc3nc2-1. The number of Topliss-reactive ketones (excluding diaryl/α,β-unsaturated/α-hetero) is 1. The topological polar surface area (TPSA) is 159 Å². The number of benzene rings is 1. The number of rotatable bonds is 9. The highest BCUT2D eigenvalue weighted by Gasteiger charge is 2.48. The lowest BCUT2D eigenvalue weighted by atomic mass is 9.72. The lowest BCUT2D eigenvalue weighted by Crippen LogP contribution is -2.48. The predicted molar refractivity (Wildman–Crippen MR) is 191 cm³/mol. The van der Waals surface area contributed by atoms with E-state index in [-0.39, 0.29) is 73.4 Å². The Balaban J connectivity index is 1.05. The van der Waals surface area contributed by atoms with Crippen LogP contribution in [-0.2, 0) is 56.0 Å². The Bertz CT molecular complexity index is 2370. The summed E-state index contributed by atoms with van der Waals surface area (Å²) in [4.78, 5) is 87.6. The fourth-order valence-electron chi connectivity index (χ4n) is 7.55. The van der Waals surface area contributed by atoms with E-state index in [2.05, 4.69) is 0 Å². The molecular formula is C39H39N5O9. The molecule has 0 unspecified atom stereocenters. The fraction of sp³-hybridized carbons (Fsp3) is 0.359. The van der Waals surface area contributed by atoms with Gasteiger partial charge in [-0.05, 0) is 37.1 Å². The number of esters is 1. The molecule has 14 heteroatoms. The molecule has 1 atom stereocenters. The minimum Gasteiger partial charge on any atom is -0.492 e. The van der Waals surface area contributed by atoms with E-state index in [1.165, 1.54) is 24.0 Å². The molecule has 274 valence electrons. The van der Waals surface area contributed by atoms with Gasteiger partial charge in [0, 0.05) is 68.9 Å². The number of ether oxygens (including phenoxy) is 3. The van der Waals surface area contributed by atoms with Gasteiger partial charge in [0.1, 0.15) is 24.3 Å². The molecule has 1 aliphatic carbocycles. The molecule has 7 rings (SSSR count). The van der Waals surface area contributed by atoms with Gasteiger partial charge < -0.3 is 33.1 Å². The van der Waals surface area contributed by atoms with E-state index in [9.17, 15) is 28.8 Å². The number of para-hydroxylation sites is 1. The second-order valence-corrected chi connectivity index (χ2v) is 13.7. The maximum Gasteiger partial charge on any atom is 0.409 e. The standard InChI is InChI=1S/C39H39N5O9/c1-7-39(26-15-28-33-23(14-22-10-8-9-11-27(22)40-33)18-44(28)36(48)25(26)20-52-37(39)49)17-31(46)41(3)12-13-42(4)38(50)53-19-24-21(2)43(5)34-29(45)16-30(51-6)35(47)32(24)34/h8-11,14-16H,7,12-13,17-20H2,1-6H3/t39-/m0/s1. The Hall–Kier alpha value is -6.05. The van der Waals surface area contributed by atoms with Crippen LogP contribution in [0.3, 0.4) is 0 Å². The molecule has 0 radical (unpaired) electrons. The number of pyridine rings is 2. The van der Waals surface area contributed by atoms with Crippen LogP contribution in [0.25, 0.3) is 22.3 Å². The third-order valence-electron chi connectivity index (χ3n) is 10.9. The van der Waals surface area contributed by atoms with Crippen molar-refractivity contribution in [1.29, 1.82) is 0 Å². The fourth-order valence-corrected chi connectivity index (χ4v) is 7.55. The van der Waals surface area contributed by atoms with Crippen LogP contribution in [0.1, 0.15) is 68.6 Å².